The van der Waals surface area contributed by atoms with E-state index < -0.39 is 0 Å². The lowest BCUT2D eigenvalue weighted by Crippen LogP contribution is -2.41. The molecule has 1 atom stereocenters. The monoisotopic (exact) mass is 377 g/mol. The summed E-state index contributed by atoms with van der Waals surface area (Å²) in [4.78, 5) is 14.0. The van der Waals surface area contributed by atoms with Gasteiger partial charge in [0.2, 0.25) is 5.91 Å². The highest BCUT2D eigenvalue weighted by Gasteiger charge is 2.21. The molecule has 1 saturated heterocycles. The highest BCUT2D eigenvalue weighted by Crippen LogP contribution is 2.12. The fourth-order valence-electron chi connectivity index (χ4n) is 2.46. The average Bonchev–Trinajstić information content (AvgIpc) is 3.03. The quantitative estimate of drug-likeness (QED) is 0.726. The summed E-state index contributed by atoms with van der Waals surface area (Å²) in [6, 6.07) is 8.11. The van der Waals surface area contributed by atoms with Crippen molar-refractivity contribution in [3.05, 3.63) is 29.8 Å². The molecule has 7 heteroatoms. The summed E-state index contributed by atoms with van der Waals surface area (Å²) >= 11 is 0. The van der Waals surface area contributed by atoms with Crippen LogP contribution in [-0.2, 0) is 11.2 Å². The summed E-state index contributed by atoms with van der Waals surface area (Å²) in [5.74, 6) is 1.02. The molecule has 1 amide bonds. The number of carbonyl (C=O) groups is 1. The Balaban J connectivity index is 0.00000264. The zero-order valence-corrected chi connectivity index (χ0v) is 16.0. The van der Waals surface area contributed by atoms with E-state index in [9.17, 15) is 4.79 Å². The molecule has 0 aromatic heterocycles. The van der Waals surface area contributed by atoms with Crippen LogP contribution in [0.15, 0.2) is 24.3 Å². The first-order valence-corrected chi connectivity index (χ1v) is 8.03. The summed E-state index contributed by atoms with van der Waals surface area (Å²) in [7, 11) is 4.06. The Morgan fingerprint density at radius 1 is 1.29 bits per heavy atom. The van der Waals surface area contributed by atoms with Gasteiger partial charge in [-0.3, -0.25) is 4.79 Å². The molecule has 1 heterocycles. The van der Waals surface area contributed by atoms with Crippen LogP contribution < -0.4 is 15.4 Å². The lowest BCUT2D eigenvalue weighted by molar-refractivity contribution is -0.122. The molecule has 138 valence electrons. The third kappa shape index (κ3) is 8.20. The Labute approximate surface area is 157 Å². The van der Waals surface area contributed by atoms with Gasteiger partial charge < -0.3 is 20.3 Å². The van der Waals surface area contributed by atoms with Gasteiger partial charge in [0.15, 0.2) is 0 Å². The van der Waals surface area contributed by atoms with Crippen molar-refractivity contribution in [3.63, 3.8) is 0 Å². The summed E-state index contributed by atoms with van der Waals surface area (Å²) in [6.45, 7) is 3.23. The summed E-state index contributed by atoms with van der Waals surface area (Å²) < 4.78 is 5.66. The minimum atomic E-state index is 0. The summed E-state index contributed by atoms with van der Waals surface area (Å²) in [6.07, 6.45) is 2.88. The van der Waals surface area contributed by atoms with Crippen LogP contribution in [0.3, 0.4) is 0 Å². The van der Waals surface area contributed by atoms with Gasteiger partial charge in [-0.05, 0) is 57.6 Å². The average molecular weight is 378 g/mol. The molecule has 1 aromatic carbocycles. The maximum Gasteiger partial charge on any atom is 0.237 e. The van der Waals surface area contributed by atoms with Crippen molar-refractivity contribution in [2.24, 2.45) is 0 Å². The van der Waals surface area contributed by atoms with Crippen LogP contribution in [-0.4, -0.2) is 57.2 Å². The van der Waals surface area contributed by atoms with Crippen LogP contribution in [0.25, 0.3) is 0 Å². The molecule has 0 aliphatic carbocycles. The number of hydrogen-bond acceptors (Lipinski definition) is 4. The Hall–Kier alpha value is -1.01. The SMILES string of the molecule is CN(C)CCOc1ccc(CCNC(=O)C2CCCN2)cc1.Cl.Cl. The number of ether oxygens (including phenoxy) is 1. The number of halogens is 2. The number of rotatable bonds is 8. The van der Waals surface area contributed by atoms with Gasteiger partial charge in [-0.2, -0.15) is 0 Å². The first-order chi connectivity index (χ1) is 10.6. The number of amides is 1. The molecule has 1 fully saturated rings. The van der Waals surface area contributed by atoms with Crippen molar-refractivity contribution >= 4 is 30.7 Å². The molecule has 2 N–H and O–H groups in total. The lowest BCUT2D eigenvalue weighted by atomic mass is 10.1. The number of likely N-dealkylation sites (N-methyl/N-ethyl adjacent to an activating group) is 1. The minimum absolute atomic E-state index is 0. The molecule has 0 bridgehead atoms. The van der Waals surface area contributed by atoms with E-state index in [4.69, 9.17) is 4.74 Å². The molecule has 0 radical (unpaired) electrons. The molecular formula is C17H29Cl2N3O2. The number of carbonyl (C=O) groups excluding carboxylic acids is 1. The molecule has 2 rings (SSSR count). The third-order valence-electron chi connectivity index (χ3n) is 3.82. The Bertz CT molecular complexity index is 463. The Morgan fingerprint density at radius 2 is 2.00 bits per heavy atom. The van der Waals surface area contributed by atoms with E-state index in [-0.39, 0.29) is 36.8 Å². The largest absolute Gasteiger partial charge is 0.492 e. The Morgan fingerprint density at radius 3 is 2.58 bits per heavy atom. The molecule has 5 nitrogen and oxygen atoms in total. The highest BCUT2D eigenvalue weighted by molar-refractivity contribution is 5.85. The zero-order chi connectivity index (χ0) is 15.8. The van der Waals surface area contributed by atoms with Crippen molar-refractivity contribution in [3.8, 4) is 5.75 Å². The second-order valence-electron chi connectivity index (χ2n) is 5.99. The topological polar surface area (TPSA) is 53.6 Å². The normalized spacial score (nSPS) is 16.2. The van der Waals surface area contributed by atoms with Crippen molar-refractivity contribution < 1.29 is 9.53 Å². The maximum atomic E-state index is 11.9. The first-order valence-electron chi connectivity index (χ1n) is 8.03. The Kier molecular flexibility index (Phi) is 11.8. The van der Waals surface area contributed by atoms with Crippen LogP contribution in [0.5, 0.6) is 5.75 Å². The van der Waals surface area contributed by atoms with Crippen LogP contribution in [0.1, 0.15) is 18.4 Å². The molecule has 0 saturated carbocycles. The molecule has 1 aliphatic heterocycles. The van der Waals surface area contributed by atoms with Gasteiger partial charge in [-0.15, -0.1) is 24.8 Å². The molecular weight excluding hydrogens is 349 g/mol. The van der Waals surface area contributed by atoms with Gasteiger partial charge in [0, 0.05) is 13.1 Å². The smallest absolute Gasteiger partial charge is 0.237 e. The second kappa shape index (κ2) is 12.4. The first kappa shape index (κ1) is 23.0. The highest BCUT2D eigenvalue weighted by atomic mass is 35.5. The van der Waals surface area contributed by atoms with Crippen molar-refractivity contribution in [1.29, 1.82) is 0 Å². The standard InChI is InChI=1S/C17H27N3O2.2ClH/c1-20(2)12-13-22-15-7-5-14(6-8-15)9-11-19-17(21)16-4-3-10-18-16;;/h5-8,16,18H,3-4,9-13H2,1-2H3,(H,19,21);2*1H. The lowest BCUT2D eigenvalue weighted by Gasteiger charge is -2.12. The molecule has 0 spiro atoms. The van der Waals surface area contributed by atoms with E-state index in [1.165, 1.54) is 5.56 Å². The summed E-state index contributed by atoms with van der Waals surface area (Å²) in [5, 5.41) is 6.20. The van der Waals surface area contributed by atoms with Gasteiger partial charge in [0.1, 0.15) is 12.4 Å². The fourth-order valence-corrected chi connectivity index (χ4v) is 2.46. The number of benzene rings is 1. The number of nitrogens with one attached hydrogen (secondary N) is 2. The van der Waals surface area contributed by atoms with Crippen LogP contribution >= 0.6 is 24.8 Å². The van der Waals surface area contributed by atoms with E-state index in [1.807, 2.05) is 26.2 Å². The van der Waals surface area contributed by atoms with Gasteiger partial charge >= 0.3 is 0 Å². The van der Waals surface area contributed by atoms with Crippen LogP contribution in [0, 0.1) is 0 Å². The van der Waals surface area contributed by atoms with Crippen molar-refractivity contribution in [1.82, 2.24) is 15.5 Å². The third-order valence-corrected chi connectivity index (χ3v) is 3.82. The second-order valence-corrected chi connectivity index (χ2v) is 5.99. The number of nitrogens with zero attached hydrogens (tertiary/aromatic N) is 1. The van der Waals surface area contributed by atoms with E-state index in [0.717, 1.165) is 38.1 Å². The molecule has 1 aliphatic rings. The van der Waals surface area contributed by atoms with Gasteiger partial charge in [0.05, 0.1) is 6.04 Å². The van der Waals surface area contributed by atoms with Crippen molar-refractivity contribution in [2.45, 2.75) is 25.3 Å². The molecule has 1 unspecified atom stereocenters. The van der Waals surface area contributed by atoms with Gasteiger partial charge in [-0.1, -0.05) is 12.1 Å². The van der Waals surface area contributed by atoms with E-state index in [0.29, 0.717) is 13.2 Å². The molecule has 1 aromatic rings. The maximum absolute atomic E-state index is 11.9. The van der Waals surface area contributed by atoms with E-state index in [2.05, 4.69) is 27.7 Å². The van der Waals surface area contributed by atoms with Crippen molar-refractivity contribution in [2.75, 3.05) is 40.3 Å². The van der Waals surface area contributed by atoms with E-state index >= 15 is 0 Å². The predicted octanol–water partition coefficient (Wildman–Crippen LogP) is 1.88. The van der Waals surface area contributed by atoms with Crippen LogP contribution in [0.2, 0.25) is 0 Å². The van der Waals surface area contributed by atoms with Gasteiger partial charge in [-0.25, -0.2) is 0 Å². The van der Waals surface area contributed by atoms with E-state index in [1.54, 1.807) is 0 Å². The summed E-state index contributed by atoms with van der Waals surface area (Å²) in [5.41, 5.74) is 1.21. The number of hydrogen-bond donors (Lipinski definition) is 2. The minimum Gasteiger partial charge on any atom is -0.492 e. The molecule has 24 heavy (non-hydrogen) atoms. The zero-order valence-electron chi connectivity index (χ0n) is 14.4. The predicted molar refractivity (Wildman–Crippen MR) is 103 cm³/mol. The van der Waals surface area contributed by atoms with Crippen LogP contribution in [0.4, 0.5) is 0 Å². The fraction of sp³-hybridized carbons (Fsp3) is 0.588. The van der Waals surface area contributed by atoms with Gasteiger partial charge in [0.25, 0.3) is 0 Å².